The Kier molecular flexibility index (Phi) is 8.44. The summed E-state index contributed by atoms with van der Waals surface area (Å²) in [4.78, 5) is 24.6. The van der Waals surface area contributed by atoms with Gasteiger partial charge in [-0.05, 0) is 48.0 Å². The Labute approximate surface area is 215 Å². The number of sulfonamides is 1. The molecule has 0 unspecified atom stereocenters. The van der Waals surface area contributed by atoms with E-state index in [1.54, 1.807) is 48.5 Å². The number of methoxy groups -OCH3 is 2. The maximum Gasteiger partial charge on any atom is 0.257 e. The van der Waals surface area contributed by atoms with Crippen molar-refractivity contribution in [3.63, 3.8) is 0 Å². The lowest BCUT2D eigenvalue weighted by Crippen LogP contribution is -2.31. The molecule has 0 heterocycles. The molecule has 3 aromatic carbocycles. The van der Waals surface area contributed by atoms with Crippen molar-refractivity contribution in [3.8, 4) is 11.5 Å². The van der Waals surface area contributed by atoms with Crippen LogP contribution in [-0.4, -0.2) is 40.7 Å². The van der Waals surface area contributed by atoms with Crippen LogP contribution in [0.25, 0.3) is 0 Å². The lowest BCUT2D eigenvalue weighted by molar-refractivity contribution is -0.114. The highest BCUT2D eigenvalue weighted by Gasteiger charge is 2.26. The van der Waals surface area contributed by atoms with E-state index in [1.165, 1.54) is 33.3 Å². The highest BCUT2D eigenvalue weighted by molar-refractivity contribution is 7.92. The molecule has 0 bridgehead atoms. The van der Waals surface area contributed by atoms with Crippen LogP contribution in [0.15, 0.2) is 60.7 Å². The summed E-state index contributed by atoms with van der Waals surface area (Å²) in [6, 6.07) is 16.1. The molecule has 11 heteroatoms. The largest absolute Gasteiger partial charge is 0.493 e. The highest BCUT2D eigenvalue weighted by Crippen LogP contribution is 2.37. The van der Waals surface area contributed by atoms with Gasteiger partial charge >= 0.3 is 0 Å². The molecular weight excluding hydrogens is 506 g/mol. The SMILES string of the molecule is COc1cc(C(=O)Nc2ccc(NC(C)=O)cc2)c(N(Cc2ccc(Cl)cc2)S(C)(=O)=O)cc1OC. The maximum atomic E-state index is 13.4. The molecule has 0 fully saturated rings. The number of rotatable bonds is 9. The van der Waals surface area contributed by atoms with Gasteiger partial charge in [-0.1, -0.05) is 23.7 Å². The zero-order chi connectivity index (χ0) is 26.5. The van der Waals surface area contributed by atoms with E-state index in [0.717, 1.165) is 10.6 Å². The first-order valence-corrected chi connectivity index (χ1v) is 12.9. The summed E-state index contributed by atoms with van der Waals surface area (Å²) in [6.07, 6.45) is 1.06. The zero-order valence-corrected chi connectivity index (χ0v) is 21.7. The second kappa shape index (κ2) is 11.3. The second-order valence-electron chi connectivity index (χ2n) is 7.83. The molecule has 0 atom stereocenters. The van der Waals surface area contributed by atoms with Crippen molar-refractivity contribution >= 4 is 50.5 Å². The monoisotopic (exact) mass is 531 g/mol. The Hall–Kier alpha value is -3.76. The molecule has 190 valence electrons. The Balaban J connectivity index is 2.05. The molecule has 0 saturated carbocycles. The van der Waals surface area contributed by atoms with Crippen LogP contribution in [0, 0.1) is 0 Å². The van der Waals surface area contributed by atoms with E-state index in [-0.39, 0.29) is 35.2 Å². The minimum atomic E-state index is -3.83. The number of hydrogen-bond acceptors (Lipinski definition) is 6. The Morgan fingerprint density at radius 1 is 0.889 bits per heavy atom. The summed E-state index contributed by atoms with van der Waals surface area (Å²) in [5, 5.41) is 5.92. The summed E-state index contributed by atoms with van der Waals surface area (Å²) in [7, 11) is -0.996. The minimum Gasteiger partial charge on any atom is -0.493 e. The van der Waals surface area contributed by atoms with Crippen molar-refractivity contribution in [2.24, 2.45) is 0 Å². The topological polar surface area (TPSA) is 114 Å². The third-order valence-corrected chi connectivity index (χ3v) is 6.50. The molecule has 0 aliphatic heterocycles. The van der Waals surface area contributed by atoms with Crippen molar-refractivity contribution in [2.75, 3.05) is 35.4 Å². The van der Waals surface area contributed by atoms with Gasteiger partial charge in [0, 0.05) is 29.4 Å². The van der Waals surface area contributed by atoms with Gasteiger partial charge in [-0.2, -0.15) is 0 Å². The number of anilines is 3. The van der Waals surface area contributed by atoms with E-state index in [2.05, 4.69) is 10.6 Å². The third-order valence-electron chi connectivity index (χ3n) is 5.12. The summed E-state index contributed by atoms with van der Waals surface area (Å²) in [5.41, 5.74) is 1.84. The molecule has 2 amide bonds. The first kappa shape index (κ1) is 26.8. The van der Waals surface area contributed by atoms with Gasteiger partial charge in [0.05, 0.1) is 38.3 Å². The third kappa shape index (κ3) is 6.67. The lowest BCUT2D eigenvalue weighted by Gasteiger charge is -2.26. The van der Waals surface area contributed by atoms with Gasteiger partial charge in [0.2, 0.25) is 15.9 Å². The van der Waals surface area contributed by atoms with Gasteiger partial charge in [-0.15, -0.1) is 0 Å². The fourth-order valence-corrected chi connectivity index (χ4v) is 4.45. The molecule has 0 aromatic heterocycles. The van der Waals surface area contributed by atoms with Crippen molar-refractivity contribution < 1.29 is 27.5 Å². The average Bonchev–Trinajstić information content (AvgIpc) is 2.83. The number of carbonyl (C=O) groups excluding carboxylic acids is 2. The standard InChI is InChI=1S/C25H26ClN3O6S/c1-16(30)27-19-9-11-20(12-10-19)28-25(31)21-13-23(34-2)24(35-3)14-22(21)29(36(4,32)33)15-17-5-7-18(26)8-6-17/h5-14H,15H2,1-4H3,(H,27,30)(H,28,31). The fourth-order valence-electron chi connectivity index (χ4n) is 3.43. The van der Waals surface area contributed by atoms with Gasteiger partial charge < -0.3 is 20.1 Å². The van der Waals surface area contributed by atoms with E-state index in [0.29, 0.717) is 22.0 Å². The first-order chi connectivity index (χ1) is 17.0. The highest BCUT2D eigenvalue weighted by atomic mass is 35.5. The van der Waals surface area contributed by atoms with E-state index >= 15 is 0 Å². The first-order valence-electron chi connectivity index (χ1n) is 10.7. The molecule has 0 spiro atoms. The molecule has 36 heavy (non-hydrogen) atoms. The van der Waals surface area contributed by atoms with Gasteiger partial charge in [-0.25, -0.2) is 8.42 Å². The van der Waals surface area contributed by atoms with Crippen molar-refractivity contribution in [1.82, 2.24) is 0 Å². The second-order valence-corrected chi connectivity index (χ2v) is 10.2. The number of nitrogens with one attached hydrogen (secondary N) is 2. The Bertz CT molecular complexity index is 1360. The van der Waals surface area contributed by atoms with Gasteiger partial charge in [0.1, 0.15) is 0 Å². The average molecular weight is 532 g/mol. The van der Waals surface area contributed by atoms with Crippen molar-refractivity contribution in [2.45, 2.75) is 13.5 Å². The summed E-state index contributed by atoms with van der Waals surface area (Å²) in [5.74, 6) is -0.271. The molecule has 0 aliphatic rings. The summed E-state index contributed by atoms with van der Waals surface area (Å²) < 4.78 is 37.6. The van der Waals surface area contributed by atoms with Gasteiger partial charge in [0.25, 0.3) is 5.91 Å². The van der Waals surface area contributed by atoms with Gasteiger partial charge in [0.15, 0.2) is 11.5 Å². The number of benzene rings is 3. The van der Waals surface area contributed by atoms with Gasteiger partial charge in [-0.3, -0.25) is 13.9 Å². The van der Waals surface area contributed by atoms with Crippen molar-refractivity contribution in [1.29, 1.82) is 0 Å². The van der Waals surface area contributed by atoms with Crippen LogP contribution >= 0.6 is 11.6 Å². The van der Waals surface area contributed by atoms with E-state index in [4.69, 9.17) is 21.1 Å². The summed E-state index contributed by atoms with van der Waals surface area (Å²) >= 11 is 5.97. The zero-order valence-electron chi connectivity index (χ0n) is 20.2. The number of hydrogen-bond donors (Lipinski definition) is 2. The van der Waals surface area contributed by atoms with Crippen LogP contribution in [0.3, 0.4) is 0 Å². The molecular formula is C25H26ClN3O6S. The van der Waals surface area contributed by atoms with E-state index < -0.39 is 15.9 Å². The fraction of sp³-hybridized carbons (Fsp3) is 0.200. The predicted octanol–water partition coefficient (Wildman–Crippen LogP) is 4.53. The van der Waals surface area contributed by atoms with Crippen LogP contribution < -0.4 is 24.4 Å². The molecule has 2 N–H and O–H groups in total. The van der Waals surface area contributed by atoms with E-state index in [9.17, 15) is 18.0 Å². The molecule has 9 nitrogen and oxygen atoms in total. The Morgan fingerprint density at radius 2 is 1.42 bits per heavy atom. The molecule has 0 saturated heterocycles. The van der Waals surface area contributed by atoms with Crippen molar-refractivity contribution in [3.05, 3.63) is 76.8 Å². The normalized spacial score (nSPS) is 10.9. The molecule has 0 radical (unpaired) electrons. The minimum absolute atomic E-state index is 0.0445. The van der Waals surface area contributed by atoms with Crippen LogP contribution in [0.5, 0.6) is 11.5 Å². The van der Waals surface area contributed by atoms with Crippen LogP contribution in [-0.2, 0) is 21.4 Å². The molecule has 3 aromatic rings. The lowest BCUT2D eigenvalue weighted by atomic mass is 10.1. The predicted molar refractivity (Wildman–Crippen MR) is 141 cm³/mol. The quantitative estimate of drug-likeness (QED) is 0.419. The maximum absolute atomic E-state index is 13.4. The number of ether oxygens (including phenoxy) is 2. The Morgan fingerprint density at radius 3 is 1.92 bits per heavy atom. The number of carbonyl (C=O) groups is 2. The summed E-state index contributed by atoms with van der Waals surface area (Å²) in [6.45, 7) is 1.35. The van der Waals surface area contributed by atoms with Crippen LogP contribution in [0.2, 0.25) is 5.02 Å². The van der Waals surface area contributed by atoms with Crippen LogP contribution in [0.4, 0.5) is 17.1 Å². The number of amides is 2. The smallest absolute Gasteiger partial charge is 0.257 e. The van der Waals surface area contributed by atoms with Crippen LogP contribution in [0.1, 0.15) is 22.8 Å². The molecule has 3 rings (SSSR count). The molecule has 0 aliphatic carbocycles. The number of halogens is 1. The van der Waals surface area contributed by atoms with E-state index in [1.807, 2.05) is 0 Å². The number of nitrogens with zero attached hydrogens (tertiary/aromatic N) is 1.